The van der Waals surface area contributed by atoms with E-state index in [9.17, 15) is 10.2 Å². The molecular weight excluding hydrogens is 152 g/mol. The molecule has 0 aliphatic rings. The summed E-state index contributed by atoms with van der Waals surface area (Å²) in [5.74, 6) is 0.316. The summed E-state index contributed by atoms with van der Waals surface area (Å²) in [4.78, 5) is 0. The average Bonchev–Trinajstić information content (AvgIpc) is 2.04. The lowest BCUT2D eigenvalue weighted by Gasteiger charge is -2.20. The summed E-state index contributed by atoms with van der Waals surface area (Å²) in [6.07, 6.45) is 2.73. The number of hydrogen-bond donors (Lipinski definition) is 2. The molecule has 0 rings (SSSR count). The van der Waals surface area contributed by atoms with Crippen molar-refractivity contribution in [2.75, 3.05) is 0 Å². The van der Waals surface area contributed by atoms with Gasteiger partial charge < -0.3 is 10.2 Å². The van der Waals surface area contributed by atoms with E-state index in [0.717, 1.165) is 19.3 Å². The predicted octanol–water partition coefficient (Wildman–Crippen LogP) is 1.94. The van der Waals surface area contributed by atoms with Gasteiger partial charge >= 0.3 is 0 Å². The predicted molar refractivity (Wildman–Crippen MR) is 51.0 cm³/mol. The Morgan fingerprint density at radius 2 is 1.75 bits per heavy atom. The highest BCUT2D eigenvalue weighted by atomic mass is 16.3. The number of aliphatic hydroxyl groups is 2. The minimum Gasteiger partial charge on any atom is -0.393 e. The summed E-state index contributed by atoms with van der Waals surface area (Å²) in [5, 5.41) is 18.9. The molecule has 0 aliphatic carbocycles. The van der Waals surface area contributed by atoms with Gasteiger partial charge in [-0.1, -0.05) is 27.2 Å². The second-order valence-corrected chi connectivity index (χ2v) is 3.63. The SMILES string of the molecule is CCCC(C)C(O)CC(O)CC. The van der Waals surface area contributed by atoms with E-state index in [-0.39, 0.29) is 12.2 Å². The second kappa shape index (κ2) is 6.44. The summed E-state index contributed by atoms with van der Waals surface area (Å²) < 4.78 is 0. The van der Waals surface area contributed by atoms with E-state index in [1.807, 2.05) is 13.8 Å². The van der Waals surface area contributed by atoms with Crippen molar-refractivity contribution in [3.63, 3.8) is 0 Å². The van der Waals surface area contributed by atoms with Crippen LogP contribution in [0.15, 0.2) is 0 Å². The molecule has 0 saturated carbocycles. The molecule has 0 aliphatic heterocycles. The lowest BCUT2D eigenvalue weighted by molar-refractivity contribution is 0.0445. The third kappa shape index (κ3) is 4.73. The van der Waals surface area contributed by atoms with Crippen LogP contribution in [0.5, 0.6) is 0 Å². The van der Waals surface area contributed by atoms with E-state index in [2.05, 4.69) is 6.92 Å². The molecule has 3 atom stereocenters. The Balaban J connectivity index is 3.62. The van der Waals surface area contributed by atoms with E-state index in [4.69, 9.17) is 0 Å². The van der Waals surface area contributed by atoms with Gasteiger partial charge in [-0.05, 0) is 25.2 Å². The van der Waals surface area contributed by atoms with Crippen molar-refractivity contribution >= 4 is 0 Å². The van der Waals surface area contributed by atoms with Gasteiger partial charge in [0.1, 0.15) is 0 Å². The first-order chi connectivity index (χ1) is 5.61. The molecule has 2 N–H and O–H groups in total. The Labute approximate surface area is 75.6 Å². The third-order valence-corrected chi connectivity index (χ3v) is 2.39. The minimum absolute atomic E-state index is 0.316. The molecule has 2 heteroatoms. The molecule has 0 aromatic carbocycles. The van der Waals surface area contributed by atoms with Crippen LogP contribution in [0.2, 0.25) is 0 Å². The van der Waals surface area contributed by atoms with Crippen LogP contribution in [0.4, 0.5) is 0 Å². The lowest BCUT2D eigenvalue weighted by Crippen LogP contribution is -2.23. The van der Waals surface area contributed by atoms with Crippen LogP contribution in [0, 0.1) is 5.92 Å². The summed E-state index contributed by atoms with van der Waals surface area (Å²) in [7, 11) is 0. The molecule has 3 unspecified atom stereocenters. The van der Waals surface area contributed by atoms with Gasteiger partial charge in [0.05, 0.1) is 12.2 Å². The van der Waals surface area contributed by atoms with Gasteiger partial charge in [-0.15, -0.1) is 0 Å². The van der Waals surface area contributed by atoms with Crippen LogP contribution in [0.25, 0.3) is 0 Å². The van der Waals surface area contributed by atoms with Crippen LogP contribution >= 0.6 is 0 Å². The normalized spacial score (nSPS) is 18.8. The third-order valence-electron chi connectivity index (χ3n) is 2.39. The van der Waals surface area contributed by atoms with Crippen molar-refractivity contribution in [2.45, 2.75) is 58.7 Å². The zero-order chi connectivity index (χ0) is 9.56. The molecule has 0 heterocycles. The maximum absolute atomic E-state index is 9.59. The molecule has 74 valence electrons. The fraction of sp³-hybridized carbons (Fsp3) is 1.00. The maximum atomic E-state index is 9.59. The van der Waals surface area contributed by atoms with E-state index >= 15 is 0 Å². The monoisotopic (exact) mass is 174 g/mol. The summed E-state index contributed by atoms with van der Waals surface area (Å²) in [5.41, 5.74) is 0. The average molecular weight is 174 g/mol. The standard InChI is InChI=1S/C10H22O2/c1-4-6-8(3)10(12)7-9(11)5-2/h8-12H,4-7H2,1-3H3. The highest BCUT2D eigenvalue weighted by Gasteiger charge is 2.16. The van der Waals surface area contributed by atoms with Crippen LogP contribution in [-0.4, -0.2) is 22.4 Å². The van der Waals surface area contributed by atoms with E-state index in [1.54, 1.807) is 0 Å². The molecule has 0 bridgehead atoms. The Bertz CT molecular complexity index is 104. The van der Waals surface area contributed by atoms with Crippen LogP contribution in [-0.2, 0) is 0 Å². The van der Waals surface area contributed by atoms with Gasteiger partial charge in [-0.3, -0.25) is 0 Å². The molecule has 0 aromatic heterocycles. The van der Waals surface area contributed by atoms with Gasteiger partial charge in [0.15, 0.2) is 0 Å². The van der Waals surface area contributed by atoms with E-state index in [1.165, 1.54) is 0 Å². The van der Waals surface area contributed by atoms with Crippen molar-refractivity contribution in [3.8, 4) is 0 Å². The van der Waals surface area contributed by atoms with Crippen LogP contribution in [0.1, 0.15) is 46.5 Å². The molecule has 12 heavy (non-hydrogen) atoms. The van der Waals surface area contributed by atoms with Crippen molar-refractivity contribution in [3.05, 3.63) is 0 Å². The van der Waals surface area contributed by atoms with Crippen molar-refractivity contribution in [1.82, 2.24) is 0 Å². The summed E-state index contributed by atoms with van der Waals surface area (Å²) >= 11 is 0. The van der Waals surface area contributed by atoms with Crippen molar-refractivity contribution < 1.29 is 10.2 Å². The molecule has 2 nitrogen and oxygen atoms in total. The van der Waals surface area contributed by atoms with Crippen LogP contribution < -0.4 is 0 Å². The first kappa shape index (κ1) is 11.9. The summed E-state index contributed by atoms with van der Waals surface area (Å²) in [6.45, 7) is 6.08. The quantitative estimate of drug-likeness (QED) is 0.646. The Hall–Kier alpha value is -0.0800. The highest BCUT2D eigenvalue weighted by molar-refractivity contribution is 4.67. The molecule has 0 saturated heterocycles. The summed E-state index contributed by atoms with van der Waals surface area (Å²) in [6, 6.07) is 0. The number of aliphatic hydroxyl groups excluding tert-OH is 2. The van der Waals surface area contributed by atoms with Gasteiger partial charge in [0.25, 0.3) is 0 Å². The maximum Gasteiger partial charge on any atom is 0.0590 e. The minimum atomic E-state index is -0.334. The van der Waals surface area contributed by atoms with Gasteiger partial charge in [0, 0.05) is 0 Å². The second-order valence-electron chi connectivity index (χ2n) is 3.63. The first-order valence-electron chi connectivity index (χ1n) is 4.97. The molecule has 0 spiro atoms. The highest BCUT2D eigenvalue weighted by Crippen LogP contribution is 2.15. The van der Waals surface area contributed by atoms with Gasteiger partial charge in [-0.2, -0.15) is 0 Å². The zero-order valence-electron chi connectivity index (χ0n) is 8.45. The fourth-order valence-electron chi connectivity index (χ4n) is 1.33. The number of hydrogen-bond acceptors (Lipinski definition) is 2. The zero-order valence-corrected chi connectivity index (χ0v) is 8.45. The van der Waals surface area contributed by atoms with Gasteiger partial charge in [-0.25, -0.2) is 0 Å². The first-order valence-corrected chi connectivity index (χ1v) is 4.97. The van der Waals surface area contributed by atoms with Gasteiger partial charge in [0.2, 0.25) is 0 Å². The molecule has 0 radical (unpaired) electrons. The molecular formula is C10H22O2. The molecule has 0 aromatic rings. The largest absolute Gasteiger partial charge is 0.393 e. The van der Waals surface area contributed by atoms with Crippen molar-refractivity contribution in [1.29, 1.82) is 0 Å². The van der Waals surface area contributed by atoms with Crippen LogP contribution in [0.3, 0.4) is 0 Å². The van der Waals surface area contributed by atoms with E-state index in [0.29, 0.717) is 12.3 Å². The smallest absolute Gasteiger partial charge is 0.0590 e. The Morgan fingerprint density at radius 3 is 2.17 bits per heavy atom. The van der Waals surface area contributed by atoms with Crippen molar-refractivity contribution in [2.24, 2.45) is 5.92 Å². The topological polar surface area (TPSA) is 40.5 Å². The number of rotatable bonds is 6. The Kier molecular flexibility index (Phi) is 6.39. The molecule has 0 amide bonds. The Morgan fingerprint density at radius 1 is 1.17 bits per heavy atom. The van der Waals surface area contributed by atoms with E-state index < -0.39 is 0 Å². The fourth-order valence-corrected chi connectivity index (χ4v) is 1.33. The molecule has 0 fully saturated rings. The lowest BCUT2D eigenvalue weighted by atomic mass is 9.94.